The molecule has 27 heavy (non-hydrogen) atoms. The predicted molar refractivity (Wildman–Crippen MR) is 92.8 cm³/mol. The van der Waals surface area contributed by atoms with Crippen molar-refractivity contribution in [2.75, 3.05) is 32.6 Å². The van der Waals surface area contributed by atoms with E-state index in [0.717, 1.165) is 0 Å². The van der Waals surface area contributed by atoms with Gasteiger partial charge in [0, 0.05) is 30.5 Å². The average molecular weight is 404 g/mol. The molecule has 1 amide bonds. The fraction of sp³-hybridized carbons (Fsp3) is 0.438. The van der Waals surface area contributed by atoms with Crippen molar-refractivity contribution < 1.29 is 26.7 Å². The van der Waals surface area contributed by atoms with Crippen molar-refractivity contribution in [3.63, 3.8) is 0 Å². The van der Waals surface area contributed by atoms with Crippen LogP contribution in [-0.4, -0.2) is 57.8 Å². The van der Waals surface area contributed by atoms with Crippen LogP contribution in [0, 0.1) is 0 Å². The Morgan fingerprint density at radius 2 is 1.89 bits per heavy atom. The third kappa shape index (κ3) is 6.43. The molecular formula is C16H19F3N4O3S. The van der Waals surface area contributed by atoms with Crippen LogP contribution in [-0.2, 0) is 22.3 Å². The minimum atomic E-state index is -4.69. The van der Waals surface area contributed by atoms with Crippen LogP contribution in [0.5, 0.6) is 0 Å². The van der Waals surface area contributed by atoms with Crippen LogP contribution in [0.2, 0.25) is 0 Å². The Morgan fingerprint density at radius 1 is 1.26 bits per heavy atom. The standard InChI is InChI=1S/C16H19F3N4O3S/c1-23(2)8-9-27(3,25)22-14(24)12-6-4-11(5-7-12)10-13-20-15(26-21-13)16(17,18)19/h4-7H,8-10H2,1-3H3. The maximum absolute atomic E-state index is 12.4. The fourth-order valence-corrected chi connectivity index (χ4v) is 3.27. The summed E-state index contributed by atoms with van der Waals surface area (Å²) in [5, 5.41) is 3.29. The molecule has 2 rings (SSSR count). The van der Waals surface area contributed by atoms with E-state index in [4.69, 9.17) is 0 Å². The summed E-state index contributed by atoms with van der Waals surface area (Å²) in [5.74, 6) is -1.86. The molecular weight excluding hydrogens is 385 g/mol. The molecule has 1 atom stereocenters. The second-order valence-electron chi connectivity index (χ2n) is 6.25. The quantitative estimate of drug-likeness (QED) is 0.735. The van der Waals surface area contributed by atoms with Crippen LogP contribution in [0.3, 0.4) is 0 Å². The third-order valence-corrected chi connectivity index (χ3v) is 4.96. The van der Waals surface area contributed by atoms with Crippen LogP contribution in [0.15, 0.2) is 33.2 Å². The van der Waals surface area contributed by atoms with Crippen LogP contribution < -0.4 is 0 Å². The Balaban J connectivity index is 2.07. The largest absolute Gasteiger partial charge is 0.471 e. The average Bonchev–Trinajstić information content (AvgIpc) is 3.02. The number of amides is 1. The summed E-state index contributed by atoms with van der Waals surface area (Å²) in [7, 11) is 1.01. The summed E-state index contributed by atoms with van der Waals surface area (Å²) < 4.78 is 57.6. The van der Waals surface area contributed by atoms with E-state index in [0.29, 0.717) is 12.1 Å². The van der Waals surface area contributed by atoms with Gasteiger partial charge in [0.1, 0.15) is 0 Å². The van der Waals surface area contributed by atoms with Crippen LogP contribution in [0.4, 0.5) is 13.2 Å². The molecule has 0 spiro atoms. The molecule has 0 aliphatic rings. The lowest BCUT2D eigenvalue weighted by molar-refractivity contribution is -0.159. The molecule has 0 N–H and O–H groups in total. The lowest BCUT2D eigenvalue weighted by Gasteiger charge is -2.10. The summed E-state index contributed by atoms with van der Waals surface area (Å²) in [6.07, 6.45) is -3.25. The van der Waals surface area contributed by atoms with Crippen molar-refractivity contribution in [1.82, 2.24) is 15.0 Å². The van der Waals surface area contributed by atoms with Gasteiger partial charge in [-0.1, -0.05) is 17.3 Å². The highest BCUT2D eigenvalue weighted by molar-refractivity contribution is 7.93. The van der Waals surface area contributed by atoms with E-state index in [9.17, 15) is 22.2 Å². The van der Waals surface area contributed by atoms with E-state index in [1.807, 2.05) is 19.0 Å². The molecule has 1 aromatic heterocycles. The molecule has 0 saturated heterocycles. The van der Waals surface area contributed by atoms with Gasteiger partial charge in [-0.15, -0.1) is 0 Å². The highest BCUT2D eigenvalue weighted by Crippen LogP contribution is 2.27. The van der Waals surface area contributed by atoms with Crippen molar-refractivity contribution in [3.05, 3.63) is 47.1 Å². The van der Waals surface area contributed by atoms with Crippen LogP contribution >= 0.6 is 0 Å². The molecule has 7 nitrogen and oxygen atoms in total. The second-order valence-corrected chi connectivity index (χ2v) is 8.76. The first-order chi connectivity index (χ1) is 12.5. The number of halogens is 3. The van der Waals surface area contributed by atoms with Crippen molar-refractivity contribution in [1.29, 1.82) is 0 Å². The summed E-state index contributed by atoms with van der Waals surface area (Å²) in [5.41, 5.74) is 0.827. The minimum absolute atomic E-state index is 0.0124. The first-order valence-corrected chi connectivity index (χ1v) is 9.93. The molecule has 0 aliphatic heterocycles. The molecule has 1 unspecified atom stereocenters. The number of rotatable bonds is 6. The zero-order valence-corrected chi connectivity index (χ0v) is 15.8. The van der Waals surface area contributed by atoms with E-state index in [1.54, 1.807) is 12.1 Å². The molecule has 0 aliphatic carbocycles. The van der Waals surface area contributed by atoms with E-state index in [2.05, 4.69) is 19.0 Å². The lowest BCUT2D eigenvalue weighted by atomic mass is 10.1. The van der Waals surface area contributed by atoms with E-state index >= 15 is 0 Å². The number of aromatic nitrogens is 2. The van der Waals surface area contributed by atoms with Crippen molar-refractivity contribution in [2.45, 2.75) is 12.6 Å². The van der Waals surface area contributed by atoms with Gasteiger partial charge in [-0.3, -0.25) is 4.79 Å². The first kappa shape index (κ1) is 21.0. The number of hydrogen-bond donors (Lipinski definition) is 0. The Hall–Kier alpha value is -2.27. The first-order valence-electron chi connectivity index (χ1n) is 7.84. The number of benzene rings is 1. The zero-order valence-electron chi connectivity index (χ0n) is 15.0. The minimum Gasteiger partial charge on any atom is -0.329 e. The molecule has 2 aromatic rings. The Morgan fingerprint density at radius 3 is 2.41 bits per heavy atom. The maximum atomic E-state index is 12.4. The Labute approximate surface area is 154 Å². The fourth-order valence-electron chi connectivity index (χ4n) is 2.01. The molecule has 11 heteroatoms. The molecule has 0 radical (unpaired) electrons. The van der Waals surface area contributed by atoms with Crippen molar-refractivity contribution >= 4 is 15.6 Å². The highest BCUT2D eigenvalue weighted by Gasteiger charge is 2.38. The van der Waals surface area contributed by atoms with Gasteiger partial charge in [-0.2, -0.15) is 22.5 Å². The molecule has 148 valence electrons. The van der Waals surface area contributed by atoms with Gasteiger partial charge < -0.3 is 9.42 Å². The molecule has 0 fully saturated rings. The molecule has 0 saturated carbocycles. The van der Waals surface area contributed by atoms with Crippen LogP contribution in [0.25, 0.3) is 0 Å². The summed E-state index contributed by atoms with van der Waals surface area (Å²) in [4.78, 5) is 17.3. The summed E-state index contributed by atoms with van der Waals surface area (Å²) >= 11 is 0. The summed E-state index contributed by atoms with van der Waals surface area (Å²) in [6.45, 7) is 0.537. The SMILES string of the molecule is CN(C)CCS(C)(=O)=NC(=O)c1ccc(Cc2noc(C(F)(F)F)n2)cc1. The summed E-state index contributed by atoms with van der Waals surface area (Å²) in [6, 6.07) is 6.02. The number of carbonyl (C=O) groups is 1. The van der Waals surface area contributed by atoms with Gasteiger partial charge in [-0.25, -0.2) is 4.21 Å². The number of alkyl halides is 3. The van der Waals surface area contributed by atoms with E-state index < -0.39 is 27.7 Å². The van der Waals surface area contributed by atoms with Gasteiger partial charge in [0.25, 0.3) is 5.91 Å². The molecule has 0 bridgehead atoms. The van der Waals surface area contributed by atoms with Gasteiger partial charge in [0.2, 0.25) is 0 Å². The smallest absolute Gasteiger partial charge is 0.329 e. The van der Waals surface area contributed by atoms with Crippen molar-refractivity contribution in [2.24, 2.45) is 4.36 Å². The number of carbonyl (C=O) groups excluding carboxylic acids is 1. The number of hydrogen-bond acceptors (Lipinski definition) is 6. The van der Waals surface area contributed by atoms with E-state index in [-0.39, 0.29) is 23.6 Å². The molecule has 1 heterocycles. The second kappa shape index (κ2) is 8.17. The van der Waals surface area contributed by atoms with Gasteiger partial charge in [0.05, 0.1) is 9.73 Å². The Kier molecular flexibility index (Phi) is 6.37. The third-order valence-electron chi connectivity index (χ3n) is 3.47. The van der Waals surface area contributed by atoms with Crippen LogP contribution in [0.1, 0.15) is 27.6 Å². The zero-order chi connectivity index (χ0) is 20.2. The van der Waals surface area contributed by atoms with Gasteiger partial charge >= 0.3 is 12.1 Å². The van der Waals surface area contributed by atoms with Gasteiger partial charge in [-0.05, 0) is 31.8 Å². The number of nitrogens with zero attached hydrogens (tertiary/aromatic N) is 4. The lowest BCUT2D eigenvalue weighted by Crippen LogP contribution is -2.21. The normalized spacial score (nSPS) is 14.2. The maximum Gasteiger partial charge on any atom is 0.471 e. The molecule has 1 aromatic carbocycles. The van der Waals surface area contributed by atoms with E-state index in [1.165, 1.54) is 18.4 Å². The van der Waals surface area contributed by atoms with Gasteiger partial charge in [0.15, 0.2) is 5.82 Å². The highest BCUT2D eigenvalue weighted by atomic mass is 32.2. The predicted octanol–water partition coefficient (Wildman–Crippen LogP) is 2.48. The Bertz CT molecular complexity index is 914. The van der Waals surface area contributed by atoms with Crippen molar-refractivity contribution in [3.8, 4) is 0 Å². The monoisotopic (exact) mass is 404 g/mol. The topological polar surface area (TPSA) is 88.7 Å².